The van der Waals surface area contributed by atoms with Crippen molar-refractivity contribution in [3.05, 3.63) is 47.5 Å². The molecule has 0 saturated carbocycles. The number of alkyl halides is 3. The molecule has 0 aromatic heterocycles. The third kappa shape index (κ3) is 7.20. The molecule has 2 aromatic rings. The van der Waals surface area contributed by atoms with Gasteiger partial charge in [0.15, 0.2) is 0 Å². The van der Waals surface area contributed by atoms with Gasteiger partial charge in [-0.2, -0.15) is 13.2 Å². The lowest BCUT2D eigenvalue weighted by molar-refractivity contribution is -0.139. The van der Waals surface area contributed by atoms with Gasteiger partial charge in [0.25, 0.3) is 0 Å². The molecule has 1 N–H and O–H groups in total. The van der Waals surface area contributed by atoms with Crippen LogP contribution in [-0.2, 0) is 17.0 Å². The second kappa shape index (κ2) is 11.5. The molecule has 36 heavy (non-hydrogen) atoms. The highest BCUT2D eigenvalue weighted by molar-refractivity contribution is 7.98. The Balaban J connectivity index is 1.67. The number of benzene rings is 2. The van der Waals surface area contributed by atoms with Crippen molar-refractivity contribution in [2.24, 2.45) is 5.41 Å². The summed E-state index contributed by atoms with van der Waals surface area (Å²) in [5.74, 6) is 0.602. The fourth-order valence-corrected chi connectivity index (χ4v) is 5.80. The van der Waals surface area contributed by atoms with Crippen LogP contribution in [0.5, 0.6) is 5.75 Å². The van der Waals surface area contributed by atoms with Crippen LogP contribution in [0.2, 0.25) is 13.1 Å². The van der Waals surface area contributed by atoms with Crippen molar-refractivity contribution in [2.75, 3.05) is 29.6 Å². The molecule has 1 heterocycles. The molecule has 10 heteroatoms. The average Bonchev–Trinajstić information content (AvgIpc) is 3.19. The Bertz CT molecular complexity index is 1070. The van der Waals surface area contributed by atoms with E-state index in [0.29, 0.717) is 36.7 Å². The molecule has 197 valence electrons. The van der Waals surface area contributed by atoms with Crippen LogP contribution in [0, 0.1) is 5.41 Å². The van der Waals surface area contributed by atoms with Crippen molar-refractivity contribution in [3.8, 4) is 5.75 Å². The van der Waals surface area contributed by atoms with Gasteiger partial charge in [-0.1, -0.05) is 26.8 Å². The zero-order valence-corrected chi connectivity index (χ0v) is 23.4. The van der Waals surface area contributed by atoms with Crippen molar-refractivity contribution in [1.82, 2.24) is 0 Å². The first-order valence-corrected chi connectivity index (χ1v) is 15.5. The molecule has 1 aliphatic rings. The van der Waals surface area contributed by atoms with Crippen LogP contribution in [0.1, 0.15) is 38.3 Å². The number of rotatable bonds is 8. The van der Waals surface area contributed by atoms with E-state index in [2.05, 4.69) is 39.2 Å². The second-order valence-electron chi connectivity index (χ2n) is 10.1. The first-order chi connectivity index (χ1) is 16.8. The Morgan fingerprint density at radius 3 is 2.53 bits per heavy atom. The highest BCUT2D eigenvalue weighted by atomic mass is 32.2. The van der Waals surface area contributed by atoms with Crippen LogP contribution in [0.4, 0.5) is 29.3 Å². The van der Waals surface area contributed by atoms with Crippen molar-refractivity contribution in [3.63, 3.8) is 0 Å². The van der Waals surface area contributed by atoms with Gasteiger partial charge in [-0.15, -0.1) is 11.8 Å². The predicted octanol–water partition coefficient (Wildman–Crippen LogP) is 7.47. The Hall–Kier alpha value is -2.17. The lowest BCUT2D eigenvalue weighted by Crippen LogP contribution is -2.34. The number of carbonyl (C=O) groups is 1. The number of urea groups is 1. The third-order valence-corrected chi connectivity index (χ3v) is 7.46. The summed E-state index contributed by atoms with van der Waals surface area (Å²) in [5, 5.41) is 2.80. The third-order valence-electron chi connectivity index (χ3n) is 5.92. The van der Waals surface area contributed by atoms with Gasteiger partial charge >= 0.3 is 12.2 Å². The molecule has 1 aliphatic heterocycles. The number of hydrogen-bond acceptors (Lipinski definition) is 4. The molecule has 1 atom stereocenters. The van der Waals surface area contributed by atoms with E-state index in [1.165, 1.54) is 4.90 Å². The summed E-state index contributed by atoms with van der Waals surface area (Å²) in [4.78, 5) is 14.5. The Labute approximate surface area is 217 Å². The summed E-state index contributed by atoms with van der Waals surface area (Å²) in [6, 6.07) is 9.17. The van der Waals surface area contributed by atoms with Gasteiger partial charge in [0, 0.05) is 35.3 Å². The summed E-state index contributed by atoms with van der Waals surface area (Å²) in [5.41, 5.74) is 0.819. The number of amides is 2. The van der Waals surface area contributed by atoms with Gasteiger partial charge in [-0.05, 0) is 61.0 Å². The molecule has 3 rings (SSSR count). The maximum atomic E-state index is 13.5. The monoisotopic (exact) mass is 539 g/mol. The standard InChI is InChI=1S/C26H34F3N2O3SSi/c1-25(2,3)23(34-36(5)6)11-13-33-19-9-7-8-18(15-19)30-24(32)31-12-10-17-14-22(35-4)20(16-21(17)31)26(27,28)29/h7-9,14-16,23H,10-13H2,1-6H3,(H,30,32). The van der Waals surface area contributed by atoms with Gasteiger partial charge in [-0.3, -0.25) is 4.90 Å². The first kappa shape index (κ1) is 28.4. The highest BCUT2D eigenvalue weighted by Gasteiger charge is 2.36. The van der Waals surface area contributed by atoms with E-state index in [9.17, 15) is 18.0 Å². The van der Waals surface area contributed by atoms with Gasteiger partial charge in [-0.25, -0.2) is 4.79 Å². The summed E-state index contributed by atoms with van der Waals surface area (Å²) in [7, 11) is -0.845. The molecule has 0 saturated heterocycles. The fraction of sp³-hybridized carbons (Fsp3) is 0.500. The Kier molecular flexibility index (Phi) is 9.05. The highest BCUT2D eigenvalue weighted by Crippen LogP contribution is 2.42. The molecule has 5 nitrogen and oxygen atoms in total. The minimum atomic E-state index is -4.49. The minimum Gasteiger partial charge on any atom is -0.493 e. The van der Waals surface area contributed by atoms with E-state index in [4.69, 9.17) is 9.16 Å². The Morgan fingerprint density at radius 1 is 1.19 bits per heavy atom. The summed E-state index contributed by atoms with van der Waals surface area (Å²) in [6.07, 6.45) is -1.55. The van der Waals surface area contributed by atoms with Crippen molar-refractivity contribution >= 4 is 38.2 Å². The number of anilines is 2. The van der Waals surface area contributed by atoms with Crippen LogP contribution >= 0.6 is 11.8 Å². The largest absolute Gasteiger partial charge is 0.493 e. The lowest BCUT2D eigenvalue weighted by Gasteiger charge is -2.32. The molecule has 2 amide bonds. The summed E-state index contributed by atoms with van der Waals surface area (Å²) < 4.78 is 52.7. The number of carbonyl (C=O) groups excluding carboxylic acids is 1. The second-order valence-corrected chi connectivity index (χ2v) is 13.0. The van der Waals surface area contributed by atoms with Gasteiger partial charge in [0.2, 0.25) is 9.04 Å². The van der Waals surface area contributed by atoms with E-state index in [1.54, 1.807) is 30.5 Å². The van der Waals surface area contributed by atoms with Gasteiger partial charge in [0.1, 0.15) is 5.75 Å². The first-order valence-electron chi connectivity index (χ1n) is 11.9. The molecule has 0 aliphatic carbocycles. The average molecular weight is 540 g/mol. The molecule has 2 aromatic carbocycles. The zero-order valence-electron chi connectivity index (χ0n) is 21.6. The number of hydrogen-bond donors (Lipinski definition) is 1. The van der Waals surface area contributed by atoms with E-state index in [0.717, 1.165) is 29.8 Å². The van der Waals surface area contributed by atoms with E-state index >= 15 is 0 Å². The number of fused-ring (bicyclic) bond motifs is 1. The smallest absolute Gasteiger partial charge is 0.417 e. The van der Waals surface area contributed by atoms with Crippen LogP contribution in [0.25, 0.3) is 0 Å². The summed E-state index contributed by atoms with van der Waals surface area (Å²) in [6.45, 7) is 11.4. The quantitative estimate of drug-likeness (QED) is 0.279. The molecule has 1 unspecified atom stereocenters. The molecule has 1 radical (unpaired) electrons. The number of nitrogens with zero attached hydrogens (tertiary/aromatic N) is 1. The SMILES string of the molecule is CSc1cc2c(cc1C(F)(F)F)N(C(=O)Nc1cccc(OCCC(O[Si](C)C)C(C)(C)C)c1)CC2. The topological polar surface area (TPSA) is 50.8 Å². The maximum absolute atomic E-state index is 13.5. The van der Waals surface area contributed by atoms with E-state index in [1.807, 2.05) is 6.07 Å². The summed E-state index contributed by atoms with van der Waals surface area (Å²) >= 11 is 1.05. The van der Waals surface area contributed by atoms with Gasteiger partial charge in [0.05, 0.1) is 18.3 Å². The lowest BCUT2D eigenvalue weighted by atomic mass is 9.87. The van der Waals surface area contributed by atoms with E-state index < -0.39 is 26.8 Å². The minimum absolute atomic E-state index is 0.00427. The molecular formula is C26H34F3N2O3SSi. The number of ether oxygens (including phenoxy) is 1. The number of thioether (sulfide) groups is 1. The Morgan fingerprint density at radius 2 is 1.92 bits per heavy atom. The van der Waals surface area contributed by atoms with Crippen LogP contribution in [0.15, 0.2) is 41.3 Å². The molecule has 0 fully saturated rings. The van der Waals surface area contributed by atoms with E-state index in [-0.39, 0.29) is 16.4 Å². The molecular weight excluding hydrogens is 505 g/mol. The maximum Gasteiger partial charge on any atom is 0.417 e. The van der Waals surface area contributed by atoms with Crippen molar-refractivity contribution < 1.29 is 27.1 Å². The van der Waals surface area contributed by atoms with Crippen molar-refractivity contribution in [1.29, 1.82) is 0 Å². The zero-order chi connectivity index (χ0) is 26.7. The molecule has 0 spiro atoms. The number of halogens is 3. The van der Waals surface area contributed by atoms with Crippen LogP contribution in [0.3, 0.4) is 0 Å². The normalized spacial score (nSPS) is 14.7. The number of nitrogens with one attached hydrogen (secondary N) is 1. The van der Waals surface area contributed by atoms with Gasteiger partial charge < -0.3 is 14.5 Å². The molecule has 0 bridgehead atoms. The van der Waals surface area contributed by atoms with Crippen LogP contribution < -0.4 is 15.0 Å². The van der Waals surface area contributed by atoms with Crippen molar-refractivity contribution in [2.45, 2.75) is 63.9 Å². The fourth-order valence-electron chi connectivity index (χ4n) is 4.11. The predicted molar refractivity (Wildman–Crippen MR) is 142 cm³/mol. The van der Waals surface area contributed by atoms with Crippen LogP contribution in [-0.4, -0.2) is 40.6 Å².